The van der Waals surface area contributed by atoms with E-state index in [9.17, 15) is 9.90 Å². The van der Waals surface area contributed by atoms with Crippen LogP contribution in [-0.2, 0) is 0 Å². The van der Waals surface area contributed by atoms with E-state index in [-0.39, 0.29) is 17.1 Å². The molecule has 0 saturated carbocycles. The molecular formula is C18H14O3. The van der Waals surface area contributed by atoms with Crippen molar-refractivity contribution in [1.82, 2.24) is 0 Å². The Balaban J connectivity index is 1.96. The van der Waals surface area contributed by atoms with Crippen molar-refractivity contribution >= 4 is 22.8 Å². The number of aryl methyl sites for hydroxylation is 1. The van der Waals surface area contributed by atoms with Gasteiger partial charge in [0.05, 0.1) is 11.8 Å². The van der Waals surface area contributed by atoms with E-state index in [1.165, 1.54) is 12.1 Å². The van der Waals surface area contributed by atoms with Crippen LogP contribution in [0, 0.1) is 6.92 Å². The minimum atomic E-state index is -0.237. The number of rotatable bonds is 3. The fourth-order valence-electron chi connectivity index (χ4n) is 2.21. The van der Waals surface area contributed by atoms with Crippen molar-refractivity contribution in [2.75, 3.05) is 0 Å². The molecule has 104 valence electrons. The second kappa shape index (κ2) is 5.29. The summed E-state index contributed by atoms with van der Waals surface area (Å²) in [6.45, 7) is 1.90. The molecular weight excluding hydrogens is 264 g/mol. The Morgan fingerprint density at radius 2 is 1.95 bits per heavy atom. The lowest BCUT2D eigenvalue weighted by molar-refractivity contribution is 0.104. The molecule has 0 spiro atoms. The number of benzene rings is 2. The molecule has 0 aliphatic heterocycles. The molecule has 0 unspecified atom stereocenters. The first-order valence-electron chi connectivity index (χ1n) is 6.63. The van der Waals surface area contributed by atoms with Gasteiger partial charge in [-0.1, -0.05) is 36.4 Å². The summed E-state index contributed by atoms with van der Waals surface area (Å²) >= 11 is 0. The van der Waals surface area contributed by atoms with Gasteiger partial charge in [-0.3, -0.25) is 4.79 Å². The van der Waals surface area contributed by atoms with E-state index in [2.05, 4.69) is 0 Å². The first kappa shape index (κ1) is 13.2. The Morgan fingerprint density at radius 3 is 2.71 bits per heavy atom. The Labute approximate surface area is 122 Å². The average molecular weight is 278 g/mol. The Morgan fingerprint density at radius 1 is 1.19 bits per heavy atom. The number of hydrogen-bond acceptors (Lipinski definition) is 3. The van der Waals surface area contributed by atoms with Gasteiger partial charge in [0.25, 0.3) is 0 Å². The smallest absolute Gasteiger partial charge is 0.189 e. The quantitative estimate of drug-likeness (QED) is 0.572. The van der Waals surface area contributed by atoms with Crippen LogP contribution in [-0.4, -0.2) is 10.9 Å². The molecule has 2 aromatic carbocycles. The molecule has 1 N–H and O–H groups in total. The maximum atomic E-state index is 12.2. The molecule has 1 heterocycles. The number of hydrogen-bond donors (Lipinski definition) is 1. The molecule has 0 radical (unpaired) electrons. The summed E-state index contributed by atoms with van der Waals surface area (Å²) in [4.78, 5) is 12.2. The minimum Gasteiger partial charge on any atom is -0.507 e. The van der Waals surface area contributed by atoms with E-state index in [0.717, 1.165) is 16.5 Å². The van der Waals surface area contributed by atoms with Gasteiger partial charge in [-0.2, -0.15) is 0 Å². The van der Waals surface area contributed by atoms with Crippen molar-refractivity contribution in [1.29, 1.82) is 0 Å². The van der Waals surface area contributed by atoms with Gasteiger partial charge in [0.15, 0.2) is 5.78 Å². The summed E-state index contributed by atoms with van der Waals surface area (Å²) < 4.78 is 5.30. The number of ketones is 1. The van der Waals surface area contributed by atoms with Gasteiger partial charge in [-0.15, -0.1) is 0 Å². The molecule has 0 aliphatic rings. The first-order chi connectivity index (χ1) is 10.1. The number of phenolic OH excluding ortho intramolecular Hbond substituents is 1. The second-order valence-electron chi connectivity index (χ2n) is 4.89. The maximum Gasteiger partial charge on any atom is 0.189 e. The number of furan rings is 1. The highest BCUT2D eigenvalue weighted by atomic mass is 16.3. The first-order valence-corrected chi connectivity index (χ1v) is 6.63. The third-order valence-corrected chi connectivity index (χ3v) is 3.38. The van der Waals surface area contributed by atoms with E-state index in [1.54, 1.807) is 18.4 Å². The van der Waals surface area contributed by atoms with E-state index in [4.69, 9.17) is 4.42 Å². The second-order valence-corrected chi connectivity index (χ2v) is 4.89. The molecule has 3 heteroatoms. The van der Waals surface area contributed by atoms with Gasteiger partial charge in [0, 0.05) is 11.5 Å². The predicted octanol–water partition coefficient (Wildman–Crippen LogP) is 4.34. The van der Waals surface area contributed by atoms with Crippen LogP contribution >= 0.6 is 0 Å². The molecule has 3 rings (SSSR count). The number of carbonyl (C=O) groups is 1. The third-order valence-electron chi connectivity index (χ3n) is 3.38. The lowest BCUT2D eigenvalue weighted by Gasteiger charge is -2.01. The zero-order valence-corrected chi connectivity index (χ0v) is 11.5. The van der Waals surface area contributed by atoms with Crippen LogP contribution in [0.5, 0.6) is 5.75 Å². The zero-order chi connectivity index (χ0) is 14.8. The Kier molecular flexibility index (Phi) is 3.32. The van der Waals surface area contributed by atoms with Crippen LogP contribution in [0.3, 0.4) is 0 Å². The highest BCUT2D eigenvalue weighted by molar-refractivity contribution is 6.10. The van der Waals surface area contributed by atoms with Crippen molar-refractivity contribution in [3.05, 3.63) is 71.5 Å². The van der Waals surface area contributed by atoms with Crippen LogP contribution in [0.15, 0.2) is 59.2 Å². The SMILES string of the molecule is Cc1coc2cc(O)c(C(=O)/C=C/c3ccccc3)cc12. The van der Waals surface area contributed by atoms with Gasteiger partial charge in [0.1, 0.15) is 11.3 Å². The highest BCUT2D eigenvalue weighted by Gasteiger charge is 2.13. The fourth-order valence-corrected chi connectivity index (χ4v) is 2.21. The summed E-state index contributed by atoms with van der Waals surface area (Å²) in [6, 6.07) is 12.7. The van der Waals surface area contributed by atoms with Gasteiger partial charge >= 0.3 is 0 Å². The van der Waals surface area contributed by atoms with Crippen molar-refractivity contribution in [2.24, 2.45) is 0 Å². The van der Waals surface area contributed by atoms with Crippen molar-refractivity contribution in [3.63, 3.8) is 0 Å². The number of allylic oxidation sites excluding steroid dienone is 1. The van der Waals surface area contributed by atoms with E-state index < -0.39 is 0 Å². The molecule has 21 heavy (non-hydrogen) atoms. The van der Waals surface area contributed by atoms with E-state index in [0.29, 0.717) is 5.58 Å². The van der Waals surface area contributed by atoms with E-state index in [1.807, 2.05) is 37.3 Å². The van der Waals surface area contributed by atoms with Gasteiger partial charge in [-0.05, 0) is 30.2 Å². The van der Waals surface area contributed by atoms with E-state index >= 15 is 0 Å². The monoisotopic (exact) mass is 278 g/mol. The lowest BCUT2D eigenvalue weighted by Crippen LogP contribution is -1.95. The number of carbonyl (C=O) groups excluding carboxylic acids is 1. The predicted molar refractivity (Wildman–Crippen MR) is 82.4 cm³/mol. The summed E-state index contributed by atoms with van der Waals surface area (Å²) in [5.41, 5.74) is 2.73. The molecule has 0 fully saturated rings. The largest absolute Gasteiger partial charge is 0.507 e. The van der Waals surface area contributed by atoms with Crippen LogP contribution in [0.25, 0.3) is 17.0 Å². The number of phenols is 1. The summed E-state index contributed by atoms with van der Waals surface area (Å²) in [5, 5.41) is 10.8. The molecule has 0 atom stereocenters. The lowest BCUT2D eigenvalue weighted by atomic mass is 10.0. The number of fused-ring (bicyclic) bond motifs is 1. The van der Waals surface area contributed by atoms with Crippen molar-refractivity contribution < 1.29 is 14.3 Å². The standard InChI is InChI=1S/C18H14O3/c1-12-11-21-18-10-17(20)15(9-14(12)18)16(19)8-7-13-5-3-2-4-6-13/h2-11,20H,1H3/b8-7+. The molecule has 1 aromatic heterocycles. The van der Waals surface area contributed by atoms with Gasteiger partial charge < -0.3 is 9.52 Å². The summed E-state index contributed by atoms with van der Waals surface area (Å²) in [7, 11) is 0. The maximum absolute atomic E-state index is 12.2. The fraction of sp³-hybridized carbons (Fsp3) is 0.0556. The van der Waals surface area contributed by atoms with Crippen molar-refractivity contribution in [3.8, 4) is 5.75 Å². The molecule has 3 nitrogen and oxygen atoms in total. The Bertz CT molecular complexity index is 826. The molecule has 0 aliphatic carbocycles. The topological polar surface area (TPSA) is 50.4 Å². The van der Waals surface area contributed by atoms with Crippen LogP contribution in [0.1, 0.15) is 21.5 Å². The Hall–Kier alpha value is -2.81. The molecule has 0 amide bonds. The average Bonchev–Trinajstić information content (AvgIpc) is 2.85. The molecule has 3 aromatic rings. The van der Waals surface area contributed by atoms with Gasteiger partial charge in [0.2, 0.25) is 0 Å². The summed E-state index contributed by atoms with van der Waals surface area (Å²) in [5.74, 6) is -0.307. The summed E-state index contributed by atoms with van der Waals surface area (Å²) in [6.07, 6.45) is 4.80. The molecule has 0 bridgehead atoms. The highest BCUT2D eigenvalue weighted by Crippen LogP contribution is 2.29. The normalized spacial score (nSPS) is 11.3. The zero-order valence-electron chi connectivity index (χ0n) is 11.5. The van der Waals surface area contributed by atoms with Crippen LogP contribution < -0.4 is 0 Å². The number of aromatic hydroxyl groups is 1. The van der Waals surface area contributed by atoms with Gasteiger partial charge in [-0.25, -0.2) is 0 Å². The van der Waals surface area contributed by atoms with Crippen molar-refractivity contribution in [2.45, 2.75) is 6.92 Å². The third kappa shape index (κ3) is 2.58. The minimum absolute atomic E-state index is 0.0699. The van der Waals surface area contributed by atoms with Crippen LogP contribution in [0.4, 0.5) is 0 Å². The molecule has 0 saturated heterocycles. The van der Waals surface area contributed by atoms with Crippen LogP contribution in [0.2, 0.25) is 0 Å².